The van der Waals surface area contributed by atoms with Crippen molar-refractivity contribution in [2.45, 2.75) is 33.1 Å². The van der Waals surface area contributed by atoms with Gasteiger partial charge in [-0.25, -0.2) is 9.97 Å². The third kappa shape index (κ3) is 3.73. The van der Waals surface area contributed by atoms with Crippen LogP contribution >= 0.6 is 0 Å². The Morgan fingerprint density at radius 3 is 2.92 bits per heavy atom. The summed E-state index contributed by atoms with van der Waals surface area (Å²) in [6.45, 7) is 6.62. The fraction of sp³-hybridized carbons (Fsp3) is 0.353. The van der Waals surface area contributed by atoms with Crippen LogP contribution in [0.2, 0.25) is 0 Å². The average molecular weight is 340 g/mol. The van der Waals surface area contributed by atoms with Gasteiger partial charge in [0.2, 0.25) is 0 Å². The fourth-order valence-corrected chi connectivity index (χ4v) is 2.17. The lowest BCUT2D eigenvalue weighted by atomic mass is 10.2. The highest BCUT2D eigenvalue weighted by atomic mass is 16.5. The van der Waals surface area contributed by atoms with Crippen molar-refractivity contribution in [3.8, 4) is 17.3 Å². The SMILES string of the molecule is CCCNC(=O)c1cn(-c2cc(-c3nc(C(C)C)no3)ccn2)cn1. The smallest absolute Gasteiger partial charge is 0.271 e. The van der Waals surface area contributed by atoms with E-state index in [0.717, 1.165) is 12.0 Å². The van der Waals surface area contributed by atoms with Gasteiger partial charge in [-0.1, -0.05) is 25.9 Å². The van der Waals surface area contributed by atoms with Gasteiger partial charge in [-0.15, -0.1) is 0 Å². The van der Waals surface area contributed by atoms with E-state index in [0.29, 0.717) is 29.8 Å². The monoisotopic (exact) mass is 340 g/mol. The fourth-order valence-electron chi connectivity index (χ4n) is 2.17. The number of hydrogen-bond donors (Lipinski definition) is 1. The topological polar surface area (TPSA) is 98.7 Å². The number of aromatic nitrogens is 5. The van der Waals surface area contributed by atoms with E-state index in [-0.39, 0.29) is 11.8 Å². The van der Waals surface area contributed by atoms with Crippen molar-refractivity contribution in [2.24, 2.45) is 0 Å². The molecule has 3 aromatic heterocycles. The molecule has 1 amide bonds. The summed E-state index contributed by atoms with van der Waals surface area (Å²) >= 11 is 0. The minimum absolute atomic E-state index is 0.191. The van der Waals surface area contributed by atoms with Gasteiger partial charge in [0, 0.05) is 30.4 Å². The minimum Gasteiger partial charge on any atom is -0.351 e. The number of nitrogens with one attached hydrogen (secondary N) is 1. The molecule has 0 fully saturated rings. The predicted octanol–water partition coefficient (Wildman–Crippen LogP) is 2.58. The molecule has 25 heavy (non-hydrogen) atoms. The number of hydrogen-bond acceptors (Lipinski definition) is 6. The van der Waals surface area contributed by atoms with Crippen molar-refractivity contribution in [1.29, 1.82) is 0 Å². The van der Waals surface area contributed by atoms with E-state index >= 15 is 0 Å². The molecule has 0 spiro atoms. The maximum Gasteiger partial charge on any atom is 0.271 e. The van der Waals surface area contributed by atoms with Crippen LogP contribution in [0.15, 0.2) is 35.4 Å². The number of rotatable bonds is 6. The molecule has 0 aromatic carbocycles. The highest BCUT2D eigenvalue weighted by Gasteiger charge is 2.14. The van der Waals surface area contributed by atoms with Crippen molar-refractivity contribution >= 4 is 5.91 Å². The highest BCUT2D eigenvalue weighted by Crippen LogP contribution is 2.21. The molecule has 3 aromatic rings. The largest absolute Gasteiger partial charge is 0.351 e. The molecule has 130 valence electrons. The first kappa shape index (κ1) is 16.8. The summed E-state index contributed by atoms with van der Waals surface area (Å²) in [5, 5.41) is 6.77. The Balaban J connectivity index is 1.84. The van der Waals surface area contributed by atoms with Gasteiger partial charge in [0.1, 0.15) is 17.8 Å². The molecular formula is C17H20N6O2. The molecule has 0 saturated heterocycles. The first-order valence-electron chi connectivity index (χ1n) is 8.21. The molecule has 8 nitrogen and oxygen atoms in total. The van der Waals surface area contributed by atoms with E-state index in [1.807, 2.05) is 26.8 Å². The Hall–Kier alpha value is -3.03. The lowest BCUT2D eigenvalue weighted by molar-refractivity contribution is 0.0949. The van der Waals surface area contributed by atoms with E-state index in [2.05, 4.69) is 25.4 Å². The maximum atomic E-state index is 12.0. The average Bonchev–Trinajstić information content (AvgIpc) is 3.29. The van der Waals surface area contributed by atoms with Crippen LogP contribution in [0.25, 0.3) is 17.3 Å². The molecule has 0 saturated carbocycles. The lowest BCUT2D eigenvalue weighted by Gasteiger charge is -2.02. The Kier molecular flexibility index (Phi) is 4.87. The zero-order valence-electron chi connectivity index (χ0n) is 14.4. The summed E-state index contributed by atoms with van der Waals surface area (Å²) in [4.78, 5) is 24.8. The van der Waals surface area contributed by atoms with E-state index in [4.69, 9.17) is 4.52 Å². The van der Waals surface area contributed by atoms with Gasteiger partial charge in [-0.3, -0.25) is 9.36 Å². The number of nitrogens with zero attached hydrogens (tertiary/aromatic N) is 5. The molecular weight excluding hydrogens is 320 g/mol. The number of pyridine rings is 1. The summed E-state index contributed by atoms with van der Waals surface area (Å²) in [5.74, 6) is 1.70. The lowest BCUT2D eigenvalue weighted by Crippen LogP contribution is -2.24. The van der Waals surface area contributed by atoms with Crippen molar-refractivity contribution in [3.63, 3.8) is 0 Å². The Morgan fingerprint density at radius 2 is 2.20 bits per heavy atom. The number of carbonyl (C=O) groups excluding carboxylic acids is 1. The second kappa shape index (κ2) is 7.25. The molecule has 0 aliphatic rings. The second-order valence-electron chi connectivity index (χ2n) is 5.94. The third-order valence-corrected chi connectivity index (χ3v) is 3.57. The quantitative estimate of drug-likeness (QED) is 0.740. The first-order chi connectivity index (χ1) is 12.1. The van der Waals surface area contributed by atoms with Gasteiger partial charge < -0.3 is 9.84 Å². The number of carbonyl (C=O) groups is 1. The molecule has 0 atom stereocenters. The van der Waals surface area contributed by atoms with Gasteiger partial charge in [0.15, 0.2) is 5.82 Å². The highest BCUT2D eigenvalue weighted by molar-refractivity contribution is 5.92. The normalized spacial score (nSPS) is 11.0. The summed E-state index contributed by atoms with van der Waals surface area (Å²) in [6, 6.07) is 3.61. The van der Waals surface area contributed by atoms with E-state index in [1.165, 1.54) is 0 Å². The Labute approximate surface area is 145 Å². The molecule has 8 heteroatoms. The summed E-state index contributed by atoms with van der Waals surface area (Å²) < 4.78 is 7.00. The van der Waals surface area contributed by atoms with E-state index < -0.39 is 0 Å². The molecule has 0 radical (unpaired) electrons. The van der Waals surface area contributed by atoms with Gasteiger partial charge in [-0.05, 0) is 18.6 Å². The standard InChI is InChI=1S/C17H20N6O2/c1-4-6-19-16(24)13-9-23(10-20-13)14-8-12(5-7-18-14)17-21-15(11(2)3)22-25-17/h5,7-11H,4,6H2,1-3H3,(H,19,24). The zero-order valence-corrected chi connectivity index (χ0v) is 14.4. The van der Waals surface area contributed by atoms with Crippen molar-refractivity contribution in [1.82, 2.24) is 30.0 Å². The Bertz CT molecular complexity index is 867. The van der Waals surface area contributed by atoms with E-state index in [1.54, 1.807) is 29.4 Å². The van der Waals surface area contributed by atoms with Gasteiger partial charge in [-0.2, -0.15) is 4.98 Å². The van der Waals surface area contributed by atoms with Crippen LogP contribution < -0.4 is 5.32 Å². The van der Waals surface area contributed by atoms with Crippen molar-refractivity contribution in [3.05, 3.63) is 42.4 Å². The Morgan fingerprint density at radius 1 is 1.36 bits per heavy atom. The molecule has 0 aliphatic carbocycles. The van der Waals surface area contributed by atoms with Gasteiger partial charge >= 0.3 is 0 Å². The first-order valence-corrected chi connectivity index (χ1v) is 8.21. The molecule has 3 heterocycles. The van der Waals surface area contributed by atoms with Crippen LogP contribution in [0, 0.1) is 0 Å². The number of imidazole rings is 1. The summed E-state index contributed by atoms with van der Waals surface area (Å²) in [5.41, 5.74) is 1.11. The predicted molar refractivity (Wildman–Crippen MR) is 91.4 cm³/mol. The van der Waals surface area contributed by atoms with Crippen LogP contribution in [-0.2, 0) is 0 Å². The molecule has 0 aliphatic heterocycles. The second-order valence-corrected chi connectivity index (χ2v) is 5.94. The minimum atomic E-state index is -0.199. The van der Waals surface area contributed by atoms with Crippen LogP contribution in [0.3, 0.4) is 0 Å². The van der Waals surface area contributed by atoms with Crippen LogP contribution in [0.5, 0.6) is 0 Å². The number of amides is 1. The molecule has 0 unspecified atom stereocenters. The zero-order chi connectivity index (χ0) is 17.8. The summed E-state index contributed by atoms with van der Waals surface area (Å²) in [6.07, 6.45) is 5.73. The molecule has 3 rings (SSSR count). The van der Waals surface area contributed by atoms with Gasteiger partial charge in [0.05, 0.1) is 0 Å². The third-order valence-electron chi connectivity index (χ3n) is 3.57. The van der Waals surface area contributed by atoms with Crippen LogP contribution in [0.4, 0.5) is 0 Å². The van der Waals surface area contributed by atoms with Crippen LogP contribution in [-0.4, -0.2) is 37.1 Å². The van der Waals surface area contributed by atoms with E-state index in [9.17, 15) is 4.79 Å². The molecule has 0 bridgehead atoms. The van der Waals surface area contributed by atoms with Gasteiger partial charge in [0.25, 0.3) is 11.8 Å². The maximum absolute atomic E-state index is 12.0. The molecule has 1 N–H and O–H groups in total. The van der Waals surface area contributed by atoms with Crippen LogP contribution in [0.1, 0.15) is 49.4 Å². The van der Waals surface area contributed by atoms with Crippen molar-refractivity contribution in [2.75, 3.05) is 6.54 Å². The van der Waals surface area contributed by atoms with Crippen molar-refractivity contribution < 1.29 is 9.32 Å². The summed E-state index contributed by atoms with van der Waals surface area (Å²) in [7, 11) is 0.